The van der Waals surface area contributed by atoms with Gasteiger partial charge in [-0.25, -0.2) is 9.97 Å². The Labute approximate surface area is 225 Å². The number of rotatable bonds is 6. The quantitative estimate of drug-likeness (QED) is 0.225. The normalized spacial score (nSPS) is 11.2. The highest BCUT2D eigenvalue weighted by Gasteiger charge is 2.18. The molecule has 188 valence electrons. The standard InChI is InChI=1S/C33H24N4O2/c1-36-19-18-35-33(36)23-20-29(32-27-14-5-6-15-28(27)39-30(32)21-23)38-26-13-9-12-25(22-26)37(24-10-3-2-4-11-24)31-16-7-8-17-34-31/h2-22H,1H3. The molecule has 4 aromatic carbocycles. The van der Waals surface area contributed by atoms with E-state index in [0.717, 1.165) is 50.5 Å². The fourth-order valence-corrected chi connectivity index (χ4v) is 4.96. The molecule has 0 aliphatic rings. The van der Waals surface area contributed by atoms with Crippen LogP contribution in [0.3, 0.4) is 0 Å². The monoisotopic (exact) mass is 508 g/mol. The second kappa shape index (κ2) is 9.50. The number of aryl methyl sites for hydroxylation is 1. The summed E-state index contributed by atoms with van der Waals surface area (Å²) in [6.45, 7) is 0. The number of hydrogen-bond donors (Lipinski definition) is 0. The van der Waals surface area contributed by atoms with Gasteiger partial charge in [0.25, 0.3) is 0 Å². The SMILES string of the molecule is Cn1ccnc1-c1cc(Oc2cccc(N(c3ccccc3)c3ccccn3)c2)c2c(c1)oc1ccccc12. The average Bonchev–Trinajstić information content (AvgIpc) is 3.58. The van der Waals surface area contributed by atoms with Crippen LogP contribution in [0.15, 0.2) is 132 Å². The van der Waals surface area contributed by atoms with Crippen LogP contribution in [0, 0.1) is 0 Å². The highest BCUT2D eigenvalue weighted by Crippen LogP contribution is 2.42. The van der Waals surface area contributed by atoms with Crippen molar-refractivity contribution in [1.29, 1.82) is 0 Å². The number of benzene rings is 4. The number of ether oxygens (including phenoxy) is 1. The molecule has 0 bridgehead atoms. The molecule has 0 atom stereocenters. The first-order valence-electron chi connectivity index (χ1n) is 12.7. The maximum Gasteiger partial charge on any atom is 0.139 e. The lowest BCUT2D eigenvalue weighted by Gasteiger charge is -2.24. The molecule has 0 spiro atoms. The van der Waals surface area contributed by atoms with Crippen molar-refractivity contribution in [2.45, 2.75) is 0 Å². The number of para-hydroxylation sites is 2. The van der Waals surface area contributed by atoms with Crippen molar-refractivity contribution in [3.05, 3.63) is 128 Å². The van der Waals surface area contributed by atoms with Crippen molar-refractivity contribution in [3.8, 4) is 22.9 Å². The maximum atomic E-state index is 6.66. The van der Waals surface area contributed by atoms with E-state index in [1.807, 2.05) is 103 Å². The highest BCUT2D eigenvalue weighted by atomic mass is 16.5. The Morgan fingerprint density at radius 2 is 1.54 bits per heavy atom. The molecule has 0 radical (unpaired) electrons. The average molecular weight is 509 g/mol. The van der Waals surface area contributed by atoms with Gasteiger partial charge in [-0.2, -0.15) is 0 Å². The molecule has 0 aliphatic heterocycles. The molecule has 0 unspecified atom stereocenters. The van der Waals surface area contributed by atoms with Crippen LogP contribution in [0.5, 0.6) is 11.5 Å². The minimum absolute atomic E-state index is 0.702. The predicted octanol–water partition coefficient (Wildman–Crippen LogP) is 8.64. The summed E-state index contributed by atoms with van der Waals surface area (Å²) < 4.78 is 14.9. The van der Waals surface area contributed by atoms with E-state index >= 15 is 0 Å². The van der Waals surface area contributed by atoms with Crippen LogP contribution in [0.4, 0.5) is 17.2 Å². The van der Waals surface area contributed by atoms with Gasteiger partial charge in [-0.1, -0.05) is 48.5 Å². The molecule has 7 aromatic rings. The van der Waals surface area contributed by atoms with Crippen LogP contribution in [0.1, 0.15) is 0 Å². The molecule has 3 heterocycles. The maximum absolute atomic E-state index is 6.66. The van der Waals surface area contributed by atoms with Crippen molar-refractivity contribution < 1.29 is 9.15 Å². The van der Waals surface area contributed by atoms with Crippen molar-refractivity contribution in [2.24, 2.45) is 7.05 Å². The Morgan fingerprint density at radius 1 is 0.718 bits per heavy atom. The number of pyridine rings is 1. The van der Waals surface area contributed by atoms with E-state index in [1.54, 1.807) is 12.4 Å². The molecule has 0 fully saturated rings. The van der Waals surface area contributed by atoms with E-state index in [1.165, 1.54) is 0 Å². The van der Waals surface area contributed by atoms with Crippen LogP contribution >= 0.6 is 0 Å². The summed E-state index contributed by atoms with van der Waals surface area (Å²) in [4.78, 5) is 11.3. The van der Waals surface area contributed by atoms with Gasteiger partial charge in [0.05, 0.1) is 11.1 Å². The van der Waals surface area contributed by atoms with Crippen molar-refractivity contribution in [2.75, 3.05) is 4.90 Å². The summed E-state index contributed by atoms with van der Waals surface area (Å²) in [6, 6.07) is 36.2. The zero-order chi connectivity index (χ0) is 26.2. The van der Waals surface area contributed by atoms with E-state index in [0.29, 0.717) is 11.5 Å². The molecule has 7 rings (SSSR count). The lowest BCUT2D eigenvalue weighted by Crippen LogP contribution is -2.11. The topological polar surface area (TPSA) is 56.3 Å². The second-order valence-electron chi connectivity index (χ2n) is 9.27. The van der Waals surface area contributed by atoms with Crippen LogP contribution in [0.2, 0.25) is 0 Å². The molecule has 0 aliphatic carbocycles. The van der Waals surface area contributed by atoms with Gasteiger partial charge in [0, 0.05) is 48.3 Å². The summed E-state index contributed by atoms with van der Waals surface area (Å²) in [5.41, 5.74) is 4.43. The highest BCUT2D eigenvalue weighted by molar-refractivity contribution is 6.09. The molecule has 6 heteroatoms. The van der Waals surface area contributed by atoms with Gasteiger partial charge in [-0.05, 0) is 54.6 Å². The molecule has 0 N–H and O–H groups in total. The van der Waals surface area contributed by atoms with E-state index in [2.05, 4.69) is 39.1 Å². The Balaban J connectivity index is 1.37. The molecule has 3 aromatic heterocycles. The van der Waals surface area contributed by atoms with Gasteiger partial charge in [0.1, 0.15) is 34.3 Å². The minimum Gasteiger partial charge on any atom is -0.456 e. The lowest BCUT2D eigenvalue weighted by molar-refractivity contribution is 0.488. The largest absolute Gasteiger partial charge is 0.456 e. The molecular weight excluding hydrogens is 484 g/mol. The third kappa shape index (κ3) is 4.18. The number of aromatic nitrogens is 3. The Bertz CT molecular complexity index is 1870. The van der Waals surface area contributed by atoms with E-state index in [4.69, 9.17) is 9.15 Å². The second-order valence-corrected chi connectivity index (χ2v) is 9.27. The molecule has 0 saturated carbocycles. The number of hydrogen-bond acceptors (Lipinski definition) is 5. The Morgan fingerprint density at radius 3 is 2.36 bits per heavy atom. The summed E-state index contributed by atoms with van der Waals surface area (Å²) >= 11 is 0. The third-order valence-corrected chi connectivity index (χ3v) is 6.72. The van der Waals surface area contributed by atoms with Gasteiger partial charge in [0.15, 0.2) is 0 Å². The van der Waals surface area contributed by atoms with Crippen molar-refractivity contribution in [3.63, 3.8) is 0 Å². The summed E-state index contributed by atoms with van der Waals surface area (Å²) in [5, 5.41) is 1.93. The van der Waals surface area contributed by atoms with E-state index < -0.39 is 0 Å². The number of imidazole rings is 1. The minimum atomic E-state index is 0.702. The first kappa shape index (κ1) is 22.8. The van der Waals surface area contributed by atoms with Gasteiger partial charge in [-0.15, -0.1) is 0 Å². The molecule has 0 amide bonds. The fraction of sp³-hybridized carbons (Fsp3) is 0.0303. The smallest absolute Gasteiger partial charge is 0.139 e. The summed E-state index contributed by atoms with van der Waals surface area (Å²) in [6.07, 6.45) is 5.52. The Hall–Kier alpha value is -5.36. The fourth-order valence-electron chi connectivity index (χ4n) is 4.96. The predicted molar refractivity (Wildman–Crippen MR) is 155 cm³/mol. The zero-order valence-electron chi connectivity index (χ0n) is 21.2. The zero-order valence-corrected chi connectivity index (χ0v) is 21.2. The van der Waals surface area contributed by atoms with Crippen LogP contribution in [-0.4, -0.2) is 14.5 Å². The number of furan rings is 1. The van der Waals surface area contributed by atoms with Crippen LogP contribution in [-0.2, 0) is 7.05 Å². The Kier molecular flexibility index (Phi) is 5.56. The first-order valence-corrected chi connectivity index (χ1v) is 12.7. The summed E-state index contributed by atoms with van der Waals surface area (Å²) in [5.74, 6) is 3.06. The van der Waals surface area contributed by atoms with Crippen molar-refractivity contribution in [1.82, 2.24) is 14.5 Å². The van der Waals surface area contributed by atoms with Crippen LogP contribution < -0.4 is 9.64 Å². The van der Waals surface area contributed by atoms with Crippen LogP contribution in [0.25, 0.3) is 33.3 Å². The number of nitrogens with zero attached hydrogens (tertiary/aromatic N) is 4. The van der Waals surface area contributed by atoms with Gasteiger partial charge < -0.3 is 13.7 Å². The number of fused-ring (bicyclic) bond motifs is 3. The molecule has 0 saturated heterocycles. The van der Waals surface area contributed by atoms with Gasteiger partial charge >= 0.3 is 0 Å². The van der Waals surface area contributed by atoms with Gasteiger partial charge in [0.2, 0.25) is 0 Å². The summed E-state index contributed by atoms with van der Waals surface area (Å²) in [7, 11) is 1.98. The third-order valence-electron chi connectivity index (χ3n) is 6.72. The van der Waals surface area contributed by atoms with E-state index in [9.17, 15) is 0 Å². The molecule has 39 heavy (non-hydrogen) atoms. The van der Waals surface area contributed by atoms with Gasteiger partial charge in [-0.3, -0.25) is 4.90 Å². The molecular formula is C33H24N4O2. The molecule has 6 nitrogen and oxygen atoms in total. The van der Waals surface area contributed by atoms with E-state index in [-0.39, 0.29) is 0 Å². The first-order chi connectivity index (χ1) is 19.2. The lowest BCUT2D eigenvalue weighted by atomic mass is 10.1. The van der Waals surface area contributed by atoms with Crippen molar-refractivity contribution >= 4 is 39.1 Å². The number of anilines is 3.